The van der Waals surface area contributed by atoms with Crippen molar-refractivity contribution in [3.05, 3.63) is 57.4 Å². The molecule has 0 spiro atoms. The number of nitrogens with one attached hydrogen (secondary N) is 1. The molecular formula is C31H36N2O11. The first-order valence-electron chi connectivity index (χ1n) is 14.1. The molecule has 2 amide bonds. The van der Waals surface area contributed by atoms with Gasteiger partial charge >= 0.3 is 11.7 Å². The fraction of sp³-hybridized carbons (Fsp3) is 0.452. The largest absolute Gasteiger partial charge is 0.505 e. The highest BCUT2D eigenvalue weighted by molar-refractivity contribution is 6.06. The molecule has 0 bridgehead atoms. The number of aliphatic hydroxyl groups is 1. The molecule has 2 aliphatic heterocycles. The summed E-state index contributed by atoms with van der Waals surface area (Å²) in [5.41, 5.74) is 4.18. The van der Waals surface area contributed by atoms with Gasteiger partial charge < -0.3 is 49.4 Å². The lowest BCUT2D eigenvalue weighted by molar-refractivity contribution is -0.304. The predicted octanol–water partition coefficient (Wildman–Crippen LogP) is 3.37. The van der Waals surface area contributed by atoms with Crippen LogP contribution in [0.25, 0.3) is 11.0 Å². The zero-order valence-corrected chi connectivity index (χ0v) is 25.2. The molecule has 1 saturated heterocycles. The van der Waals surface area contributed by atoms with Crippen molar-refractivity contribution >= 4 is 28.7 Å². The van der Waals surface area contributed by atoms with Gasteiger partial charge in [-0.3, -0.25) is 4.79 Å². The molecule has 2 aliphatic rings. The van der Waals surface area contributed by atoms with Crippen molar-refractivity contribution in [1.82, 2.24) is 0 Å². The van der Waals surface area contributed by atoms with Crippen molar-refractivity contribution in [2.75, 3.05) is 12.4 Å². The third kappa shape index (κ3) is 5.65. The Kier molecular flexibility index (Phi) is 8.23. The Labute approximate surface area is 252 Å². The van der Waals surface area contributed by atoms with E-state index in [0.717, 1.165) is 5.56 Å². The molecule has 3 aromatic rings. The molecule has 5 N–H and O–H groups in total. The van der Waals surface area contributed by atoms with Gasteiger partial charge in [0.25, 0.3) is 5.91 Å². The molecule has 3 heterocycles. The maximum absolute atomic E-state index is 13.1. The molecule has 44 heavy (non-hydrogen) atoms. The second-order valence-electron chi connectivity index (χ2n) is 11.8. The molecule has 2 aromatic carbocycles. The van der Waals surface area contributed by atoms with Gasteiger partial charge in [-0.1, -0.05) is 13.8 Å². The Morgan fingerprint density at radius 1 is 1.18 bits per heavy atom. The SMILES string of the molecule is COC1C(OC(N)=O)C(O)C(Oc2ccc3c(O)c(NC(=O)c4ccc5c(c4)CC(C(C)C)O5)c(=O)oc3c2C)OC1(C)C. The summed E-state index contributed by atoms with van der Waals surface area (Å²) in [5.74, 6) is 0.0663. The molecule has 5 rings (SSSR count). The number of nitrogens with two attached hydrogens (primary N) is 1. The van der Waals surface area contributed by atoms with Crippen molar-refractivity contribution < 1.29 is 47.9 Å². The van der Waals surface area contributed by atoms with Gasteiger partial charge in [-0.25, -0.2) is 9.59 Å². The third-order valence-electron chi connectivity index (χ3n) is 8.02. The number of hydrogen-bond donors (Lipinski definition) is 4. The van der Waals surface area contributed by atoms with Crippen LogP contribution < -0.4 is 26.1 Å². The maximum Gasteiger partial charge on any atom is 0.404 e. The van der Waals surface area contributed by atoms with E-state index in [9.17, 15) is 24.6 Å². The van der Waals surface area contributed by atoms with Crippen LogP contribution in [-0.4, -0.2) is 65.6 Å². The molecule has 236 valence electrons. The van der Waals surface area contributed by atoms with Gasteiger partial charge in [0.15, 0.2) is 23.6 Å². The molecule has 0 radical (unpaired) electrons. The lowest BCUT2D eigenvalue weighted by Crippen LogP contribution is -2.65. The minimum absolute atomic E-state index is 0.0123. The number of primary amides is 1. The number of aromatic hydroxyl groups is 1. The number of anilines is 1. The fourth-order valence-corrected chi connectivity index (χ4v) is 5.65. The van der Waals surface area contributed by atoms with Crippen LogP contribution in [0.3, 0.4) is 0 Å². The van der Waals surface area contributed by atoms with E-state index in [1.807, 2.05) is 0 Å². The Balaban J connectivity index is 1.40. The Bertz CT molecular complexity index is 1660. The standard InChI is InChI=1S/C31H36N2O11/c1-13(2)20-12-16-11-15(7-9-19(16)40-20)27(36)33-21-22(34)17-8-10-18(14(3)24(17)42-28(21)37)41-29-23(35)25(43-30(32)38)26(39-6)31(4,5)44-29/h7-11,13,20,23,25-26,29,34-35H,12H2,1-6H3,(H2,32,38)(H,33,36). The second-order valence-corrected chi connectivity index (χ2v) is 11.8. The molecule has 5 unspecified atom stereocenters. The Hall–Kier alpha value is -4.33. The number of rotatable bonds is 7. The van der Waals surface area contributed by atoms with Crippen LogP contribution >= 0.6 is 0 Å². The molecule has 1 aromatic heterocycles. The van der Waals surface area contributed by atoms with Crippen LogP contribution in [0, 0.1) is 12.8 Å². The van der Waals surface area contributed by atoms with Gasteiger partial charge in [-0.2, -0.15) is 0 Å². The highest BCUT2D eigenvalue weighted by Crippen LogP contribution is 2.39. The number of methoxy groups -OCH3 is 1. The van der Waals surface area contributed by atoms with Crippen LogP contribution in [0.4, 0.5) is 10.5 Å². The zero-order chi connectivity index (χ0) is 32.1. The average molecular weight is 613 g/mol. The smallest absolute Gasteiger partial charge is 0.404 e. The van der Waals surface area contributed by atoms with E-state index in [4.69, 9.17) is 33.8 Å². The number of benzene rings is 2. The summed E-state index contributed by atoms with van der Waals surface area (Å²) in [6, 6.07) is 7.91. The predicted molar refractivity (Wildman–Crippen MR) is 157 cm³/mol. The first-order valence-corrected chi connectivity index (χ1v) is 14.1. The van der Waals surface area contributed by atoms with E-state index in [1.165, 1.54) is 19.2 Å². The first-order chi connectivity index (χ1) is 20.7. The van der Waals surface area contributed by atoms with Crippen LogP contribution in [0.15, 0.2) is 39.5 Å². The molecule has 5 atom stereocenters. The van der Waals surface area contributed by atoms with E-state index >= 15 is 0 Å². The quantitative estimate of drug-likeness (QED) is 0.286. The van der Waals surface area contributed by atoms with E-state index in [-0.39, 0.29) is 22.8 Å². The van der Waals surface area contributed by atoms with Crippen molar-refractivity contribution in [2.24, 2.45) is 11.7 Å². The van der Waals surface area contributed by atoms with E-state index in [2.05, 4.69) is 19.2 Å². The number of carbonyl (C=O) groups is 2. The number of aryl methyl sites for hydroxylation is 1. The molecule has 0 saturated carbocycles. The molecule has 13 heteroatoms. The van der Waals surface area contributed by atoms with Crippen molar-refractivity contribution in [2.45, 2.75) is 77.3 Å². The van der Waals surface area contributed by atoms with Crippen LogP contribution in [-0.2, 0) is 20.6 Å². The van der Waals surface area contributed by atoms with Crippen molar-refractivity contribution in [3.8, 4) is 17.2 Å². The average Bonchev–Trinajstić information content (AvgIpc) is 3.39. The van der Waals surface area contributed by atoms with Gasteiger partial charge in [0.1, 0.15) is 29.3 Å². The number of amides is 2. The lowest BCUT2D eigenvalue weighted by Gasteiger charge is -2.47. The number of aliphatic hydroxyl groups excluding tert-OH is 1. The summed E-state index contributed by atoms with van der Waals surface area (Å²) >= 11 is 0. The lowest BCUT2D eigenvalue weighted by atomic mass is 9.89. The minimum Gasteiger partial charge on any atom is -0.505 e. The van der Waals surface area contributed by atoms with Crippen molar-refractivity contribution in [3.63, 3.8) is 0 Å². The third-order valence-corrected chi connectivity index (χ3v) is 8.02. The first kappa shape index (κ1) is 31.1. The van der Waals surface area contributed by atoms with Gasteiger partial charge in [0.2, 0.25) is 6.29 Å². The summed E-state index contributed by atoms with van der Waals surface area (Å²) in [4.78, 5) is 37.6. The fourth-order valence-electron chi connectivity index (χ4n) is 5.65. The topological polar surface area (TPSA) is 189 Å². The van der Waals surface area contributed by atoms with Crippen molar-refractivity contribution in [1.29, 1.82) is 0 Å². The Morgan fingerprint density at radius 3 is 2.57 bits per heavy atom. The second kappa shape index (κ2) is 11.6. The van der Waals surface area contributed by atoms with Gasteiger partial charge in [-0.05, 0) is 62.6 Å². The highest BCUT2D eigenvalue weighted by atomic mass is 16.7. The molecular weight excluding hydrogens is 576 g/mol. The highest BCUT2D eigenvalue weighted by Gasteiger charge is 2.53. The summed E-state index contributed by atoms with van der Waals surface area (Å²) in [6.45, 7) is 9.03. The zero-order valence-electron chi connectivity index (χ0n) is 25.2. The van der Waals surface area contributed by atoms with E-state index in [1.54, 1.807) is 39.0 Å². The summed E-state index contributed by atoms with van der Waals surface area (Å²) in [6.07, 6.45) is -5.36. The normalized spacial score (nSPS) is 24.0. The van der Waals surface area contributed by atoms with Crippen LogP contribution in [0.2, 0.25) is 0 Å². The van der Waals surface area contributed by atoms with Gasteiger partial charge in [0, 0.05) is 24.7 Å². The summed E-state index contributed by atoms with van der Waals surface area (Å²) in [5, 5.41) is 24.6. The molecule has 0 aliphatic carbocycles. The van der Waals surface area contributed by atoms with E-state index in [0.29, 0.717) is 29.2 Å². The van der Waals surface area contributed by atoms with Crippen LogP contribution in [0.5, 0.6) is 17.2 Å². The minimum atomic E-state index is -1.50. The molecule has 1 fully saturated rings. The maximum atomic E-state index is 13.1. The number of fused-ring (bicyclic) bond motifs is 2. The van der Waals surface area contributed by atoms with Gasteiger partial charge in [-0.15, -0.1) is 0 Å². The van der Waals surface area contributed by atoms with Gasteiger partial charge in [0.05, 0.1) is 11.0 Å². The van der Waals surface area contributed by atoms with E-state index < -0.39 is 59.3 Å². The number of hydrogen-bond acceptors (Lipinski definition) is 11. The monoisotopic (exact) mass is 612 g/mol. The number of ether oxygens (including phenoxy) is 5. The summed E-state index contributed by atoms with van der Waals surface area (Å²) < 4.78 is 33.9. The number of carbonyl (C=O) groups excluding carboxylic acids is 2. The summed E-state index contributed by atoms with van der Waals surface area (Å²) in [7, 11) is 1.38. The van der Waals surface area contributed by atoms with Crippen LogP contribution in [0.1, 0.15) is 49.2 Å². The molecule has 13 nitrogen and oxygen atoms in total. The Morgan fingerprint density at radius 2 is 1.91 bits per heavy atom.